The van der Waals surface area contributed by atoms with Gasteiger partial charge in [0.05, 0.1) is 5.56 Å². The first-order chi connectivity index (χ1) is 14.6. The predicted molar refractivity (Wildman–Crippen MR) is 110 cm³/mol. The number of aromatic nitrogens is 3. The zero-order chi connectivity index (χ0) is 20.9. The van der Waals surface area contributed by atoms with E-state index in [0.717, 1.165) is 57.4 Å². The molecule has 0 radical (unpaired) electrons. The summed E-state index contributed by atoms with van der Waals surface area (Å²) < 4.78 is 5.18. The van der Waals surface area contributed by atoms with Crippen LogP contribution in [0.3, 0.4) is 0 Å². The highest BCUT2D eigenvalue weighted by molar-refractivity contribution is 5.94. The number of nitrogens with zero attached hydrogens (tertiary/aromatic N) is 5. The van der Waals surface area contributed by atoms with Crippen molar-refractivity contribution in [3.63, 3.8) is 0 Å². The van der Waals surface area contributed by atoms with E-state index in [2.05, 4.69) is 15.1 Å². The van der Waals surface area contributed by atoms with E-state index < -0.39 is 0 Å². The Morgan fingerprint density at radius 3 is 2.63 bits per heavy atom. The summed E-state index contributed by atoms with van der Waals surface area (Å²) >= 11 is 0. The molecule has 2 amide bonds. The van der Waals surface area contributed by atoms with Crippen LogP contribution in [0.5, 0.6) is 0 Å². The lowest BCUT2D eigenvalue weighted by molar-refractivity contribution is -0.132. The number of likely N-dealkylation sites (tertiary alicyclic amines) is 2. The smallest absolute Gasteiger partial charge is 0.255 e. The molecule has 0 N–H and O–H groups in total. The molecule has 0 aliphatic carbocycles. The van der Waals surface area contributed by atoms with Gasteiger partial charge in [-0.05, 0) is 37.8 Å². The van der Waals surface area contributed by atoms with Crippen LogP contribution in [0.4, 0.5) is 0 Å². The summed E-state index contributed by atoms with van der Waals surface area (Å²) in [4.78, 5) is 37.8. The molecule has 8 nitrogen and oxygen atoms in total. The van der Waals surface area contributed by atoms with Crippen LogP contribution in [0, 0.1) is 0 Å². The van der Waals surface area contributed by atoms with Crippen LogP contribution in [0.2, 0.25) is 0 Å². The molecule has 0 spiro atoms. The lowest BCUT2D eigenvalue weighted by Gasteiger charge is -2.32. The standard InChI is InChI=1S/C22H29N5O3/c1-2-19-24-20(30-25-19)9-10-21(28)27-13-5-6-17(15-27)18-8-7-16(14-23-18)22(29)26-11-3-4-12-26/h7-8,14,17H,2-6,9-13,15H2,1H3/t17-/m1/s1. The molecule has 30 heavy (non-hydrogen) atoms. The van der Waals surface area contributed by atoms with Crippen LogP contribution in [-0.4, -0.2) is 62.9 Å². The van der Waals surface area contributed by atoms with E-state index in [1.54, 1.807) is 6.20 Å². The van der Waals surface area contributed by atoms with Crippen molar-refractivity contribution in [1.29, 1.82) is 0 Å². The Labute approximate surface area is 176 Å². The molecule has 1 atom stereocenters. The second kappa shape index (κ2) is 9.36. The maximum Gasteiger partial charge on any atom is 0.255 e. The van der Waals surface area contributed by atoms with Gasteiger partial charge >= 0.3 is 0 Å². The second-order valence-corrected chi connectivity index (χ2v) is 8.11. The van der Waals surface area contributed by atoms with Crippen LogP contribution >= 0.6 is 0 Å². The fourth-order valence-corrected chi connectivity index (χ4v) is 4.23. The third-order valence-corrected chi connectivity index (χ3v) is 6.00. The van der Waals surface area contributed by atoms with Crippen molar-refractivity contribution in [2.75, 3.05) is 26.2 Å². The fourth-order valence-electron chi connectivity index (χ4n) is 4.23. The molecule has 2 aromatic rings. The zero-order valence-corrected chi connectivity index (χ0v) is 17.5. The van der Waals surface area contributed by atoms with Gasteiger partial charge in [-0.1, -0.05) is 12.1 Å². The van der Waals surface area contributed by atoms with Gasteiger partial charge in [-0.15, -0.1) is 0 Å². The van der Waals surface area contributed by atoms with Crippen molar-refractivity contribution in [2.45, 2.75) is 57.8 Å². The number of piperidine rings is 1. The summed E-state index contributed by atoms with van der Waals surface area (Å²) in [6.45, 7) is 5.07. The van der Waals surface area contributed by atoms with Crippen molar-refractivity contribution in [1.82, 2.24) is 24.9 Å². The zero-order valence-electron chi connectivity index (χ0n) is 17.5. The number of hydrogen-bond donors (Lipinski definition) is 0. The summed E-state index contributed by atoms with van der Waals surface area (Å²) in [6, 6.07) is 3.83. The first kappa shape index (κ1) is 20.5. The number of carbonyl (C=O) groups excluding carboxylic acids is 2. The van der Waals surface area contributed by atoms with E-state index in [1.807, 2.05) is 28.9 Å². The first-order valence-electron chi connectivity index (χ1n) is 11.0. The van der Waals surface area contributed by atoms with Gasteiger partial charge in [-0.25, -0.2) is 0 Å². The van der Waals surface area contributed by atoms with E-state index in [-0.39, 0.29) is 17.7 Å². The second-order valence-electron chi connectivity index (χ2n) is 8.11. The normalized spacial score (nSPS) is 19.3. The summed E-state index contributed by atoms with van der Waals surface area (Å²) in [7, 11) is 0. The van der Waals surface area contributed by atoms with E-state index in [4.69, 9.17) is 4.52 Å². The van der Waals surface area contributed by atoms with Crippen LogP contribution in [0.25, 0.3) is 0 Å². The minimum atomic E-state index is 0.0688. The molecule has 2 aliphatic rings. The molecule has 2 saturated heterocycles. The largest absolute Gasteiger partial charge is 0.342 e. The Hall–Kier alpha value is -2.77. The quantitative estimate of drug-likeness (QED) is 0.725. The molecule has 2 fully saturated rings. The molecule has 2 aliphatic heterocycles. The van der Waals surface area contributed by atoms with E-state index in [9.17, 15) is 9.59 Å². The molecular formula is C22H29N5O3. The average molecular weight is 412 g/mol. The predicted octanol–water partition coefficient (Wildman–Crippen LogP) is 2.60. The number of aryl methyl sites for hydroxylation is 2. The van der Waals surface area contributed by atoms with E-state index in [1.165, 1.54) is 0 Å². The number of rotatable bonds is 6. The Morgan fingerprint density at radius 2 is 1.93 bits per heavy atom. The number of hydrogen-bond acceptors (Lipinski definition) is 6. The van der Waals surface area contributed by atoms with Crippen molar-refractivity contribution in [2.24, 2.45) is 0 Å². The van der Waals surface area contributed by atoms with E-state index in [0.29, 0.717) is 36.7 Å². The molecule has 2 aromatic heterocycles. The molecule has 0 bridgehead atoms. The summed E-state index contributed by atoms with van der Waals surface area (Å²) in [5.74, 6) is 1.58. The topological polar surface area (TPSA) is 92.4 Å². The van der Waals surface area contributed by atoms with Crippen LogP contribution < -0.4 is 0 Å². The van der Waals surface area contributed by atoms with Crippen LogP contribution in [-0.2, 0) is 17.6 Å². The molecule has 0 unspecified atom stereocenters. The lowest BCUT2D eigenvalue weighted by Crippen LogP contribution is -2.39. The average Bonchev–Trinajstić information content (AvgIpc) is 3.49. The van der Waals surface area contributed by atoms with Gasteiger partial charge in [-0.2, -0.15) is 4.98 Å². The maximum atomic E-state index is 12.7. The van der Waals surface area contributed by atoms with Gasteiger partial charge in [0.1, 0.15) is 0 Å². The Bertz CT molecular complexity index is 873. The summed E-state index contributed by atoms with van der Waals surface area (Å²) in [5, 5.41) is 3.88. The Morgan fingerprint density at radius 1 is 1.13 bits per heavy atom. The van der Waals surface area contributed by atoms with Gasteiger partial charge in [0.15, 0.2) is 5.82 Å². The minimum absolute atomic E-state index is 0.0688. The van der Waals surface area contributed by atoms with Crippen molar-refractivity contribution < 1.29 is 14.1 Å². The fraction of sp³-hybridized carbons (Fsp3) is 0.591. The molecule has 0 aromatic carbocycles. The van der Waals surface area contributed by atoms with Gasteiger partial charge < -0.3 is 14.3 Å². The molecule has 4 rings (SSSR count). The van der Waals surface area contributed by atoms with Crippen molar-refractivity contribution in [3.05, 3.63) is 41.3 Å². The highest BCUT2D eigenvalue weighted by atomic mass is 16.5. The maximum absolute atomic E-state index is 12.7. The van der Waals surface area contributed by atoms with Gasteiger partial charge in [-0.3, -0.25) is 14.6 Å². The SMILES string of the molecule is CCc1noc(CCC(=O)N2CCC[C@@H](c3ccc(C(=O)N4CCCC4)cn3)C2)n1. The van der Waals surface area contributed by atoms with Gasteiger partial charge in [0, 0.05) is 63.3 Å². The first-order valence-corrected chi connectivity index (χ1v) is 11.0. The molecule has 8 heteroatoms. The van der Waals surface area contributed by atoms with Crippen molar-refractivity contribution in [3.8, 4) is 0 Å². The summed E-state index contributed by atoms with van der Waals surface area (Å²) in [5.41, 5.74) is 1.60. The highest BCUT2D eigenvalue weighted by Crippen LogP contribution is 2.26. The van der Waals surface area contributed by atoms with Gasteiger partial charge in [0.25, 0.3) is 5.91 Å². The van der Waals surface area contributed by atoms with Crippen LogP contribution in [0.15, 0.2) is 22.9 Å². The third kappa shape index (κ3) is 4.68. The molecule has 0 saturated carbocycles. The minimum Gasteiger partial charge on any atom is -0.342 e. The monoisotopic (exact) mass is 411 g/mol. The van der Waals surface area contributed by atoms with Gasteiger partial charge in [0.2, 0.25) is 11.8 Å². The summed E-state index contributed by atoms with van der Waals surface area (Å²) in [6.07, 6.45) is 7.36. The Kier molecular flexibility index (Phi) is 6.40. The molecule has 4 heterocycles. The number of pyridine rings is 1. The third-order valence-electron chi connectivity index (χ3n) is 6.00. The highest BCUT2D eigenvalue weighted by Gasteiger charge is 2.26. The number of carbonyl (C=O) groups is 2. The number of amides is 2. The lowest BCUT2D eigenvalue weighted by atomic mass is 9.93. The van der Waals surface area contributed by atoms with E-state index >= 15 is 0 Å². The Balaban J connectivity index is 1.32. The van der Waals surface area contributed by atoms with Crippen molar-refractivity contribution >= 4 is 11.8 Å². The van der Waals surface area contributed by atoms with Crippen LogP contribution in [0.1, 0.15) is 72.7 Å². The molecular weight excluding hydrogens is 382 g/mol. The molecule has 160 valence electrons.